The summed E-state index contributed by atoms with van der Waals surface area (Å²) in [5.41, 5.74) is -0.159. The van der Waals surface area contributed by atoms with Crippen molar-refractivity contribution in [3.63, 3.8) is 0 Å². The summed E-state index contributed by atoms with van der Waals surface area (Å²) in [5, 5.41) is 10.3. The first-order valence-electron chi connectivity index (χ1n) is 9.63. The van der Waals surface area contributed by atoms with Crippen LogP contribution in [0.2, 0.25) is 0 Å². The van der Waals surface area contributed by atoms with E-state index in [0.29, 0.717) is 5.92 Å². The molecule has 6 bridgehead atoms. The minimum absolute atomic E-state index is 0.161. The molecule has 4 aliphatic carbocycles. The van der Waals surface area contributed by atoms with Crippen molar-refractivity contribution in [3.8, 4) is 0 Å². The van der Waals surface area contributed by atoms with Crippen molar-refractivity contribution in [2.24, 2.45) is 39.9 Å². The van der Waals surface area contributed by atoms with Crippen molar-refractivity contribution in [3.05, 3.63) is 12.2 Å². The molecule has 2 spiro atoms. The number of hydrogen-bond donors (Lipinski definition) is 1. The molecule has 8 rings (SSSR count). The molecule has 0 aromatic heterocycles. The van der Waals surface area contributed by atoms with Crippen LogP contribution in [0.5, 0.6) is 0 Å². The molecule has 8 fully saturated rings. The van der Waals surface area contributed by atoms with Gasteiger partial charge in [-0.3, -0.25) is 9.59 Å². The third-order valence-corrected chi connectivity index (χ3v) is 9.24. The fourth-order valence-corrected chi connectivity index (χ4v) is 8.62. The van der Waals surface area contributed by atoms with Crippen molar-refractivity contribution >= 4 is 11.9 Å². The van der Waals surface area contributed by atoms with Gasteiger partial charge in [-0.05, 0) is 62.7 Å². The number of aliphatic carboxylic acids is 1. The molecule has 4 saturated heterocycles. The van der Waals surface area contributed by atoms with E-state index in [9.17, 15) is 14.7 Å². The Labute approximate surface area is 146 Å². The molecule has 2 unspecified atom stereocenters. The van der Waals surface area contributed by atoms with E-state index in [1.165, 1.54) is 5.57 Å². The standard InChI is InChI=1S/C20H24O5/c1-9-7-19-8-10(9)3-4-11(19)20-6-5-12-18(2,14(20)13(19)15(21)22)16(23)25-17(20)24-12/h10-14,17H,1,3-8H2,2H3,(H,21,22)/t10-,11?,12+,13-,14?,17+,18+,19+,20-/m1/s1. The molecule has 134 valence electrons. The summed E-state index contributed by atoms with van der Waals surface area (Å²) in [6, 6.07) is 0. The number of esters is 1. The molecule has 5 nitrogen and oxygen atoms in total. The average molecular weight is 344 g/mol. The summed E-state index contributed by atoms with van der Waals surface area (Å²) in [4.78, 5) is 25.4. The van der Waals surface area contributed by atoms with E-state index >= 15 is 0 Å². The molecule has 4 saturated carbocycles. The molecular weight excluding hydrogens is 320 g/mol. The normalized spacial score (nSPS) is 60.4. The molecular formula is C20H24O5. The Hall–Kier alpha value is -1.36. The van der Waals surface area contributed by atoms with Gasteiger partial charge in [0.15, 0.2) is 0 Å². The predicted octanol–water partition coefficient (Wildman–Crippen LogP) is 2.75. The highest BCUT2D eigenvalue weighted by Gasteiger charge is 2.85. The van der Waals surface area contributed by atoms with Crippen LogP contribution in [0.15, 0.2) is 12.2 Å². The third-order valence-electron chi connectivity index (χ3n) is 9.24. The lowest BCUT2D eigenvalue weighted by Gasteiger charge is -2.66. The molecule has 25 heavy (non-hydrogen) atoms. The first-order valence-corrected chi connectivity index (χ1v) is 9.63. The molecule has 5 heteroatoms. The van der Waals surface area contributed by atoms with Gasteiger partial charge in [-0.2, -0.15) is 0 Å². The Balaban J connectivity index is 1.64. The predicted molar refractivity (Wildman–Crippen MR) is 86.2 cm³/mol. The lowest BCUT2D eigenvalue weighted by atomic mass is 9.48. The molecule has 8 aliphatic rings. The van der Waals surface area contributed by atoms with Gasteiger partial charge in [0.1, 0.15) is 0 Å². The summed E-state index contributed by atoms with van der Waals surface area (Å²) in [5.74, 6) is -0.883. The molecule has 4 aliphatic heterocycles. The zero-order valence-electron chi connectivity index (χ0n) is 14.5. The van der Waals surface area contributed by atoms with Gasteiger partial charge in [0.05, 0.1) is 17.4 Å². The largest absolute Gasteiger partial charge is 0.481 e. The maximum absolute atomic E-state index is 12.8. The van der Waals surface area contributed by atoms with Crippen LogP contribution in [-0.4, -0.2) is 29.4 Å². The Morgan fingerprint density at radius 2 is 2.12 bits per heavy atom. The second kappa shape index (κ2) is 3.98. The number of carboxylic acid groups (broad SMARTS) is 1. The average Bonchev–Trinajstić information content (AvgIpc) is 2.97. The maximum atomic E-state index is 12.8. The van der Waals surface area contributed by atoms with Crippen LogP contribution in [0, 0.1) is 39.9 Å². The number of carboxylic acids is 1. The van der Waals surface area contributed by atoms with E-state index in [-0.39, 0.29) is 34.7 Å². The zero-order valence-corrected chi connectivity index (χ0v) is 14.5. The van der Waals surface area contributed by atoms with Crippen molar-refractivity contribution in [1.29, 1.82) is 0 Å². The van der Waals surface area contributed by atoms with Gasteiger partial charge >= 0.3 is 11.9 Å². The summed E-state index contributed by atoms with van der Waals surface area (Å²) < 4.78 is 12.0. The van der Waals surface area contributed by atoms with Gasteiger partial charge in [-0.25, -0.2) is 0 Å². The maximum Gasteiger partial charge on any atom is 0.317 e. The number of allylic oxidation sites excluding steroid dienone is 1. The van der Waals surface area contributed by atoms with Gasteiger partial charge in [0, 0.05) is 11.3 Å². The van der Waals surface area contributed by atoms with Crippen molar-refractivity contribution in [2.45, 2.75) is 57.8 Å². The van der Waals surface area contributed by atoms with Gasteiger partial charge in [-0.15, -0.1) is 0 Å². The van der Waals surface area contributed by atoms with E-state index < -0.39 is 23.6 Å². The van der Waals surface area contributed by atoms with E-state index in [1.54, 1.807) is 0 Å². The van der Waals surface area contributed by atoms with E-state index in [1.807, 2.05) is 6.92 Å². The first kappa shape index (κ1) is 14.8. The number of hydrogen-bond acceptors (Lipinski definition) is 4. The smallest absolute Gasteiger partial charge is 0.317 e. The van der Waals surface area contributed by atoms with E-state index in [2.05, 4.69) is 6.58 Å². The second-order valence-corrected chi connectivity index (χ2v) is 9.69. The number of carbonyl (C=O) groups excluding carboxylic acids is 1. The van der Waals surface area contributed by atoms with Crippen molar-refractivity contribution in [2.75, 3.05) is 0 Å². The topological polar surface area (TPSA) is 72.8 Å². The lowest BCUT2D eigenvalue weighted by Crippen LogP contribution is -2.73. The van der Waals surface area contributed by atoms with Gasteiger partial charge < -0.3 is 14.6 Å². The Morgan fingerprint density at radius 1 is 1.32 bits per heavy atom. The molecule has 0 amide bonds. The van der Waals surface area contributed by atoms with Crippen molar-refractivity contribution < 1.29 is 24.2 Å². The quantitative estimate of drug-likeness (QED) is 0.585. The van der Waals surface area contributed by atoms with Gasteiger partial charge in [-0.1, -0.05) is 12.2 Å². The fourth-order valence-electron chi connectivity index (χ4n) is 8.62. The molecule has 0 aromatic rings. The molecule has 0 aromatic carbocycles. The number of carbonyl (C=O) groups is 2. The van der Waals surface area contributed by atoms with E-state index in [0.717, 1.165) is 38.5 Å². The van der Waals surface area contributed by atoms with Gasteiger partial charge in [0.2, 0.25) is 6.29 Å². The minimum Gasteiger partial charge on any atom is -0.481 e. The monoisotopic (exact) mass is 344 g/mol. The highest BCUT2D eigenvalue weighted by molar-refractivity contribution is 5.83. The third kappa shape index (κ3) is 1.26. The van der Waals surface area contributed by atoms with Crippen LogP contribution >= 0.6 is 0 Å². The number of rotatable bonds is 1. The minimum atomic E-state index is -0.818. The van der Waals surface area contributed by atoms with Crippen LogP contribution < -0.4 is 0 Å². The lowest BCUT2D eigenvalue weighted by molar-refractivity contribution is -0.375. The Morgan fingerprint density at radius 3 is 2.88 bits per heavy atom. The van der Waals surface area contributed by atoms with Crippen LogP contribution in [0.1, 0.15) is 45.4 Å². The summed E-state index contributed by atoms with van der Waals surface area (Å²) in [7, 11) is 0. The first-order chi connectivity index (χ1) is 11.9. The highest BCUT2D eigenvalue weighted by atomic mass is 16.7. The Bertz CT molecular complexity index is 744. The summed E-state index contributed by atoms with van der Waals surface area (Å²) in [6.45, 7) is 6.20. The van der Waals surface area contributed by atoms with Crippen LogP contribution in [0.3, 0.4) is 0 Å². The molecule has 1 N–H and O–H groups in total. The highest BCUT2D eigenvalue weighted by Crippen LogP contribution is 2.82. The van der Waals surface area contributed by atoms with Crippen LogP contribution in [0.4, 0.5) is 0 Å². The van der Waals surface area contributed by atoms with Gasteiger partial charge in [0.25, 0.3) is 0 Å². The van der Waals surface area contributed by atoms with Crippen LogP contribution in [-0.2, 0) is 19.1 Å². The van der Waals surface area contributed by atoms with E-state index in [4.69, 9.17) is 9.47 Å². The molecule has 4 heterocycles. The number of fused-ring (bicyclic) bond motifs is 3. The fraction of sp³-hybridized carbons (Fsp3) is 0.800. The van der Waals surface area contributed by atoms with Crippen molar-refractivity contribution in [1.82, 2.24) is 0 Å². The SMILES string of the molecule is C=C1C[C@]23C[C@H]1CCC2[C@@]12CC[C@@H]4O[C@H]1OC(=O)[C@]4(C)C2[C@@H]3C(=O)O. The summed E-state index contributed by atoms with van der Waals surface area (Å²) >= 11 is 0. The van der Waals surface area contributed by atoms with Crippen LogP contribution in [0.25, 0.3) is 0 Å². The zero-order chi connectivity index (χ0) is 17.4. The summed E-state index contributed by atoms with van der Waals surface area (Å²) in [6.07, 6.45) is 4.89. The Kier molecular flexibility index (Phi) is 2.35. The second-order valence-electron chi connectivity index (χ2n) is 9.69. The molecule has 0 radical (unpaired) electrons. The number of ether oxygens (including phenoxy) is 2. The molecule has 9 atom stereocenters.